The Balaban J connectivity index is 3.70. The van der Waals surface area contributed by atoms with Gasteiger partial charge in [-0.05, 0) is 22.4 Å². The van der Waals surface area contributed by atoms with Crippen LogP contribution in [0.4, 0.5) is 13.2 Å². The van der Waals surface area contributed by atoms with E-state index in [0.29, 0.717) is 4.32 Å². The highest BCUT2D eigenvalue weighted by atomic mass is 79.9. The predicted molar refractivity (Wildman–Crippen MR) is 62.1 cm³/mol. The highest BCUT2D eigenvalue weighted by molar-refractivity contribution is 9.10. The minimum absolute atomic E-state index is 0.225. The number of hydrogen-bond acceptors (Lipinski definition) is 2. The van der Waals surface area contributed by atoms with Gasteiger partial charge in [-0.15, -0.1) is 0 Å². The second-order valence-corrected chi connectivity index (χ2v) is 5.59. The van der Waals surface area contributed by atoms with Gasteiger partial charge in [0.25, 0.3) is 0 Å². The molecule has 0 heterocycles. The Morgan fingerprint density at radius 3 is 2.43 bits per heavy atom. The van der Waals surface area contributed by atoms with Gasteiger partial charge in [0.2, 0.25) is 0 Å². The molecular formula is C7H11BrF3NS2. The van der Waals surface area contributed by atoms with Gasteiger partial charge in [-0.2, -0.15) is 8.78 Å². The highest BCUT2D eigenvalue weighted by Crippen LogP contribution is 2.31. The number of alkyl halides is 4. The van der Waals surface area contributed by atoms with Crippen LogP contribution in [-0.4, -0.2) is 40.1 Å². The normalized spacial score (nSPS) is 13.9. The maximum absolute atomic E-state index is 12.7. The molecule has 0 aromatic heterocycles. The zero-order valence-corrected chi connectivity index (χ0v) is 11.0. The van der Waals surface area contributed by atoms with Crippen LogP contribution in [0.5, 0.6) is 0 Å². The molecule has 1 unspecified atom stereocenters. The maximum Gasteiger partial charge on any atom is 0.331 e. The van der Waals surface area contributed by atoms with Crippen molar-refractivity contribution in [2.24, 2.45) is 0 Å². The first kappa shape index (κ1) is 14.5. The third-order valence-corrected chi connectivity index (χ3v) is 3.58. The average Bonchev–Trinajstić information content (AvgIpc) is 2.01. The zero-order valence-electron chi connectivity index (χ0n) is 7.77. The summed E-state index contributed by atoms with van der Waals surface area (Å²) >= 11 is 8.06. The second-order valence-electron chi connectivity index (χ2n) is 2.81. The molecule has 0 rings (SSSR count). The van der Waals surface area contributed by atoms with Crippen molar-refractivity contribution in [1.82, 2.24) is 4.90 Å². The lowest BCUT2D eigenvalue weighted by atomic mass is 10.3. The lowest BCUT2D eigenvalue weighted by Crippen LogP contribution is -2.24. The van der Waals surface area contributed by atoms with Crippen LogP contribution in [0.3, 0.4) is 0 Å². The molecule has 0 bridgehead atoms. The number of rotatable bonds is 4. The molecule has 0 aromatic carbocycles. The Bertz CT molecular complexity index is 196. The van der Waals surface area contributed by atoms with E-state index >= 15 is 0 Å². The van der Waals surface area contributed by atoms with Crippen LogP contribution >= 0.6 is 39.9 Å². The first-order valence-corrected chi connectivity index (χ1v) is 5.98. The Labute approximate surface area is 99.5 Å². The Kier molecular flexibility index (Phi) is 6.40. The lowest BCUT2D eigenvalue weighted by molar-refractivity contribution is 0.0210. The monoisotopic (exact) mass is 309 g/mol. The van der Waals surface area contributed by atoms with E-state index in [9.17, 15) is 13.2 Å². The van der Waals surface area contributed by atoms with E-state index in [2.05, 4.69) is 0 Å². The molecule has 0 aromatic rings. The van der Waals surface area contributed by atoms with Gasteiger partial charge in [0.15, 0.2) is 6.17 Å². The molecule has 0 amide bonds. The van der Waals surface area contributed by atoms with E-state index in [-0.39, 0.29) is 12.2 Å². The molecule has 7 heteroatoms. The fourth-order valence-corrected chi connectivity index (χ4v) is 1.78. The van der Waals surface area contributed by atoms with Crippen molar-refractivity contribution >= 4 is 44.2 Å². The van der Waals surface area contributed by atoms with Crippen molar-refractivity contribution in [2.45, 2.75) is 17.4 Å². The van der Waals surface area contributed by atoms with Gasteiger partial charge in [0, 0.05) is 19.8 Å². The van der Waals surface area contributed by atoms with Crippen LogP contribution in [-0.2, 0) is 0 Å². The van der Waals surface area contributed by atoms with Crippen molar-refractivity contribution in [3.63, 3.8) is 0 Å². The largest absolute Gasteiger partial charge is 0.364 e. The van der Waals surface area contributed by atoms with E-state index < -0.39 is 11.0 Å². The van der Waals surface area contributed by atoms with Crippen LogP contribution in [0, 0.1) is 0 Å². The minimum atomic E-state index is -3.44. The predicted octanol–water partition coefficient (Wildman–Crippen LogP) is 3.28. The molecule has 0 aliphatic carbocycles. The average molecular weight is 310 g/mol. The second kappa shape index (κ2) is 6.17. The molecule has 0 saturated heterocycles. The van der Waals surface area contributed by atoms with Crippen molar-refractivity contribution < 1.29 is 13.2 Å². The molecule has 0 spiro atoms. The van der Waals surface area contributed by atoms with Crippen molar-refractivity contribution in [3.8, 4) is 0 Å². The van der Waals surface area contributed by atoms with Gasteiger partial charge in [0.1, 0.15) is 4.32 Å². The quantitative estimate of drug-likeness (QED) is 0.579. The van der Waals surface area contributed by atoms with E-state index in [0.717, 1.165) is 0 Å². The van der Waals surface area contributed by atoms with E-state index in [1.807, 2.05) is 15.9 Å². The zero-order chi connectivity index (χ0) is 11.4. The van der Waals surface area contributed by atoms with Crippen LogP contribution in [0.25, 0.3) is 0 Å². The Morgan fingerprint density at radius 1 is 1.57 bits per heavy atom. The number of hydrogen-bond donors (Lipinski definition) is 0. The molecule has 0 saturated carbocycles. The van der Waals surface area contributed by atoms with Gasteiger partial charge in [-0.1, -0.05) is 24.0 Å². The summed E-state index contributed by atoms with van der Waals surface area (Å²) in [6.07, 6.45) is -2.39. The number of thioether (sulfide) groups is 1. The molecular weight excluding hydrogens is 299 g/mol. The molecule has 0 aliphatic rings. The van der Waals surface area contributed by atoms with Crippen molar-refractivity contribution in [3.05, 3.63) is 0 Å². The van der Waals surface area contributed by atoms with Crippen LogP contribution in [0.1, 0.15) is 6.42 Å². The fourth-order valence-electron chi connectivity index (χ4n) is 0.542. The minimum Gasteiger partial charge on any atom is -0.364 e. The van der Waals surface area contributed by atoms with Crippen LogP contribution < -0.4 is 0 Å². The smallest absolute Gasteiger partial charge is 0.331 e. The van der Waals surface area contributed by atoms with E-state index in [1.54, 1.807) is 19.0 Å². The maximum atomic E-state index is 12.7. The fraction of sp³-hybridized carbons (Fsp3) is 0.857. The molecule has 0 fully saturated rings. The molecule has 0 N–H and O–H groups in total. The third-order valence-electron chi connectivity index (χ3n) is 1.32. The number of halogens is 4. The first-order chi connectivity index (χ1) is 6.25. The summed E-state index contributed by atoms with van der Waals surface area (Å²) in [7, 11) is 3.50. The molecule has 0 radical (unpaired) electrons. The van der Waals surface area contributed by atoms with Crippen molar-refractivity contribution in [2.75, 3.05) is 19.8 Å². The summed E-state index contributed by atoms with van der Waals surface area (Å²) in [5.41, 5.74) is 0. The summed E-state index contributed by atoms with van der Waals surface area (Å²) in [5.74, 6) is 0.249. The van der Waals surface area contributed by atoms with E-state index in [1.165, 1.54) is 11.8 Å². The van der Waals surface area contributed by atoms with Gasteiger partial charge >= 0.3 is 4.83 Å². The molecule has 84 valence electrons. The van der Waals surface area contributed by atoms with Gasteiger partial charge in [0.05, 0.1) is 0 Å². The summed E-state index contributed by atoms with van der Waals surface area (Å²) < 4.78 is 37.8. The third kappa shape index (κ3) is 6.08. The Hall–Kier alpha value is 0.510. The van der Waals surface area contributed by atoms with Gasteiger partial charge in [-0.25, -0.2) is 4.39 Å². The standard InChI is InChI=1S/C7H11BrF3NS2/c1-12(2)6(13)14-4-3-5(9)7(8,10)11/h5H,3-4H2,1-2H3. The lowest BCUT2D eigenvalue weighted by Gasteiger charge is -2.15. The summed E-state index contributed by atoms with van der Waals surface area (Å²) in [6.45, 7) is 0. The van der Waals surface area contributed by atoms with E-state index in [4.69, 9.17) is 12.2 Å². The molecule has 1 atom stereocenters. The molecule has 14 heavy (non-hydrogen) atoms. The topological polar surface area (TPSA) is 3.24 Å². The van der Waals surface area contributed by atoms with Crippen LogP contribution in [0.15, 0.2) is 0 Å². The summed E-state index contributed by atoms with van der Waals surface area (Å²) in [6, 6.07) is 0. The van der Waals surface area contributed by atoms with Gasteiger partial charge < -0.3 is 4.90 Å². The highest BCUT2D eigenvalue weighted by Gasteiger charge is 2.36. The van der Waals surface area contributed by atoms with Crippen LogP contribution in [0.2, 0.25) is 0 Å². The molecule has 0 aliphatic heterocycles. The Morgan fingerprint density at radius 2 is 2.07 bits per heavy atom. The van der Waals surface area contributed by atoms with Gasteiger partial charge in [-0.3, -0.25) is 0 Å². The SMILES string of the molecule is CN(C)C(=S)SCCC(F)C(F)(F)Br. The molecule has 1 nitrogen and oxygen atoms in total. The summed E-state index contributed by atoms with van der Waals surface area (Å²) in [5, 5.41) is 0. The number of nitrogens with zero attached hydrogens (tertiary/aromatic N) is 1. The first-order valence-electron chi connectivity index (χ1n) is 3.80. The number of thiocarbonyl (C=S) groups is 1. The summed E-state index contributed by atoms with van der Waals surface area (Å²) in [4.78, 5) is -1.76. The van der Waals surface area contributed by atoms with Crippen molar-refractivity contribution in [1.29, 1.82) is 0 Å².